The second-order valence-corrected chi connectivity index (χ2v) is 9.74. The Hall–Kier alpha value is -1.20. The lowest BCUT2D eigenvalue weighted by atomic mass is 10.1. The van der Waals surface area contributed by atoms with Crippen molar-refractivity contribution < 1.29 is 26.5 Å². The lowest BCUT2D eigenvalue weighted by Crippen LogP contribution is -2.42. The van der Waals surface area contributed by atoms with Crippen molar-refractivity contribution >= 4 is 34.6 Å². The number of pyridine rings is 2. The molecule has 2 rings (SSSR count). The van der Waals surface area contributed by atoms with Crippen molar-refractivity contribution in [3.05, 3.63) is 57.1 Å². The number of nitrogens with one attached hydrogen (secondary N) is 1. The first-order valence-corrected chi connectivity index (χ1v) is 9.97. The van der Waals surface area contributed by atoms with Crippen LogP contribution in [0, 0.1) is 0 Å². The fourth-order valence-electron chi connectivity index (χ4n) is 2.19. The summed E-state index contributed by atoms with van der Waals surface area (Å²) in [5, 5.41) is -0.964. The second-order valence-electron chi connectivity index (χ2n) is 6.93. The summed E-state index contributed by atoms with van der Waals surface area (Å²) in [6, 6.07) is 2.33. The standard InChI is InChI=1S/C17H16Cl2F5N3OS/c1-16(2,3)29(28)27-12(11-5-4-9(18)13(26-11)15(20)21)8-6-10(19)14(25-7-8)17(22,23)24/h4-7,12,15,27H,1-3H3/t12-,29?/m1/s1. The largest absolute Gasteiger partial charge is 0.598 e. The summed E-state index contributed by atoms with van der Waals surface area (Å²) < 4.78 is 79.7. The Labute approximate surface area is 177 Å². The van der Waals surface area contributed by atoms with Crippen molar-refractivity contribution in [2.24, 2.45) is 0 Å². The fraction of sp³-hybridized carbons (Fsp3) is 0.412. The number of alkyl halides is 5. The highest BCUT2D eigenvalue weighted by Gasteiger charge is 2.37. The maximum atomic E-state index is 13.2. The van der Waals surface area contributed by atoms with E-state index in [9.17, 15) is 26.5 Å². The summed E-state index contributed by atoms with van der Waals surface area (Å²) in [5.41, 5.74) is -1.96. The van der Waals surface area contributed by atoms with Gasteiger partial charge >= 0.3 is 6.18 Å². The van der Waals surface area contributed by atoms with Gasteiger partial charge in [-0.05, 0) is 44.5 Å². The van der Waals surface area contributed by atoms with Gasteiger partial charge in [-0.1, -0.05) is 23.2 Å². The normalized spacial score (nSPS) is 14.9. The van der Waals surface area contributed by atoms with Crippen LogP contribution in [0.1, 0.15) is 55.9 Å². The van der Waals surface area contributed by atoms with Crippen LogP contribution >= 0.6 is 23.2 Å². The predicted molar refractivity (Wildman–Crippen MR) is 101 cm³/mol. The van der Waals surface area contributed by atoms with Crippen molar-refractivity contribution in [2.75, 3.05) is 0 Å². The van der Waals surface area contributed by atoms with Gasteiger partial charge in [-0.15, -0.1) is 4.72 Å². The van der Waals surface area contributed by atoms with Crippen LogP contribution in [0.15, 0.2) is 24.4 Å². The molecule has 12 heteroatoms. The molecule has 2 atom stereocenters. The molecule has 1 N–H and O–H groups in total. The van der Waals surface area contributed by atoms with Gasteiger partial charge in [0, 0.05) is 17.6 Å². The summed E-state index contributed by atoms with van der Waals surface area (Å²) in [5.74, 6) is 0. The van der Waals surface area contributed by atoms with Gasteiger partial charge in [0.15, 0.2) is 5.69 Å². The minimum atomic E-state index is -4.77. The van der Waals surface area contributed by atoms with E-state index < -0.39 is 51.2 Å². The Morgan fingerprint density at radius 3 is 2.21 bits per heavy atom. The van der Waals surface area contributed by atoms with E-state index in [1.54, 1.807) is 20.8 Å². The molecule has 0 aliphatic rings. The van der Waals surface area contributed by atoms with Gasteiger partial charge in [0.2, 0.25) is 0 Å². The number of hydrogen-bond donors (Lipinski definition) is 1. The van der Waals surface area contributed by atoms with E-state index in [1.165, 1.54) is 12.1 Å². The van der Waals surface area contributed by atoms with E-state index >= 15 is 0 Å². The van der Waals surface area contributed by atoms with Crippen molar-refractivity contribution in [1.82, 2.24) is 14.7 Å². The predicted octanol–water partition coefficient (Wildman–Crippen LogP) is 5.88. The molecule has 2 aromatic rings. The number of nitrogens with zero attached hydrogens (tertiary/aromatic N) is 2. The molecule has 2 heterocycles. The molecule has 4 nitrogen and oxygen atoms in total. The fourth-order valence-corrected chi connectivity index (χ4v) is 3.48. The molecule has 0 fully saturated rings. The third-order valence-electron chi connectivity index (χ3n) is 3.64. The van der Waals surface area contributed by atoms with E-state index in [4.69, 9.17) is 23.2 Å². The number of aromatic nitrogens is 2. The minimum Gasteiger partial charge on any atom is -0.598 e. The molecule has 2 aromatic heterocycles. The Bertz CT molecular complexity index is 877. The second kappa shape index (κ2) is 8.89. The van der Waals surface area contributed by atoms with Gasteiger partial charge < -0.3 is 4.55 Å². The molecule has 29 heavy (non-hydrogen) atoms. The van der Waals surface area contributed by atoms with E-state index in [-0.39, 0.29) is 16.3 Å². The summed E-state index contributed by atoms with van der Waals surface area (Å²) in [7, 11) is 0. The maximum Gasteiger partial charge on any atom is 0.434 e. The Kier molecular flexibility index (Phi) is 7.38. The molecule has 160 valence electrons. The minimum absolute atomic E-state index is 0.0278. The SMILES string of the molecule is CC(C)(C)[S+]([O-])N[C@H](c1cnc(C(F)(F)F)c(Cl)c1)c1ccc(Cl)c(C(F)F)n1. The van der Waals surface area contributed by atoms with Crippen molar-refractivity contribution in [1.29, 1.82) is 0 Å². The first kappa shape index (κ1) is 24.1. The summed E-state index contributed by atoms with van der Waals surface area (Å²) in [6.07, 6.45) is -6.87. The van der Waals surface area contributed by atoms with Crippen LogP contribution in [0.2, 0.25) is 10.0 Å². The summed E-state index contributed by atoms with van der Waals surface area (Å²) >= 11 is 9.74. The van der Waals surface area contributed by atoms with Crippen LogP contribution in [0.4, 0.5) is 22.0 Å². The van der Waals surface area contributed by atoms with Crippen LogP contribution in [0.3, 0.4) is 0 Å². The van der Waals surface area contributed by atoms with Gasteiger partial charge in [-0.25, -0.2) is 18.7 Å². The zero-order chi connectivity index (χ0) is 22.1. The number of halogens is 7. The van der Waals surface area contributed by atoms with Crippen molar-refractivity contribution in [3.63, 3.8) is 0 Å². The molecular formula is C17H16Cl2F5N3OS. The number of rotatable bonds is 5. The third-order valence-corrected chi connectivity index (χ3v) is 5.81. The zero-order valence-electron chi connectivity index (χ0n) is 15.3. The molecule has 0 radical (unpaired) electrons. The maximum absolute atomic E-state index is 13.2. The molecule has 0 aliphatic carbocycles. The quantitative estimate of drug-likeness (QED) is 0.433. The first-order valence-electron chi connectivity index (χ1n) is 8.07. The molecule has 0 aromatic carbocycles. The van der Waals surface area contributed by atoms with Gasteiger partial charge in [0.1, 0.15) is 16.5 Å². The third kappa shape index (κ3) is 5.91. The highest BCUT2D eigenvalue weighted by Crippen LogP contribution is 2.36. The van der Waals surface area contributed by atoms with Crippen LogP contribution in [0.5, 0.6) is 0 Å². The van der Waals surface area contributed by atoms with Crippen molar-refractivity contribution in [3.8, 4) is 0 Å². The van der Waals surface area contributed by atoms with E-state index in [0.29, 0.717) is 0 Å². The molecule has 0 bridgehead atoms. The highest BCUT2D eigenvalue weighted by molar-refractivity contribution is 7.90. The van der Waals surface area contributed by atoms with E-state index in [0.717, 1.165) is 12.3 Å². The Morgan fingerprint density at radius 2 is 1.72 bits per heavy atom. The van der Waals surface area contributed by atoms with E-state index in [2.05, 4.69) is 14.7 Å². The summed E-state index contributed by atoms with van der Waals surface area (Å²) in [6.45, 7) is 4.97. The molecule has 1 unspecified atom stereocenters. The molecule has 0 saturated heterocycles. The van der Waals surface area contributed by atoms with Crippen LogP contribution in [0.25, 0.3) is 0 Å². The molecule has 0 aliphatic heterocycles. The highest BCUT2D eigenvalue weighted by atomic mass is 35.5. The van der Waals surface area contributed by atoms with Gasteiger partial charge in [0.05, 0.1) is 15.7 Å². The smallest absolute Gasteiger partial charge is 0.434 e. The average Bonchev–Trinajstić information content (AvgIpc) is 2.57. The Morgan fingerprint density at radius 1 is 1.10 bits per heavy atom. The number of hydrogen-bond acceptors (Lipinski definition) is 4. The molecular weight excluding hydrogens is 460 g/mol. The monoisotopic (exact) mass is 475 g/mol. The zero-order valence-corrected chi connectivity index (χ0v) is 17.6. The first-order chi connectivity index (χ1) is 13.2. The van der Waals surface area contributed by atoms with Gasteiger partial charge in [0.25, 0.3) is 6.43 Å². The molecule has 0 saturated carbocycles. The van der Waals surface area contributed by atoms with E-state index in [1.807, 2.05) is 0 Å². The lowest BCUT2D eigenvalue weighted by molar-refractivity contribution is -0.141. The topological polar surface area (TPSA) is 60.9 Å². The van der Waals surface area contributed by atoms with Gasteiger partial charge in [-0.2, -0.15) is 13.2 Å². The van der Waals surface area contributed by atoms with Crippen LogP contribution in [-0.4, -0.2) is 19.3 Å². The Balaban J connectivity index is 2.57. The van der Waals surface area contributed by atoms with Crippen molar-refractivity contribution in [2.45, 2.75) is 44.2 Å². The van der Waals surface area contributed by atoms with Crippen LogP contribution in [-0.2, 0) is 17.5 Å². The summed E-state index contributed by atoms with van der Waals surface area (Å²) in [4.78, 5) is 7.16. The molecule has 0 spiro atoms. The molecule has 0 amide bonds. The van der Waals surface area contributed by atoms with Gasteiger partial charge in [-0.3, -0.25) is 0 Å². The van der Waals surface area contributed by atoms with Crippen LogP contribution < -0.4 is 4.72 Å². The average molecular weight is 476 g/mol. The lowest BCUT2D eigenvalue weighted by Gasteiger charge is -2.28.